The summed E-state index contributed by atoms with van der Waals surface area (Å²) in [7, 11) is 0. The van der Waals surface area contributed by atoms with E-state index in [0.717, 1.165) is 36.8 Å². The van der Waals surface area contributed by atoms with E-state index in [0.29, 0.717) is 30.6 Å². The summed E-state index contributed by atoms with van der Waals surface area (Å²) in [6, 6.07) is 4.44. The fourth-order valence-electron chi connectivity index (χ4n) is 8.51. The molecule has 4 N–H and O–H groups in total. The molecule has 0 bridgehead atoms. The first kappa shape index (κ1) is 29.6. The minimum Gasteiger partial charge on any atom is -0.393 e. The zero-order chi connectivity index (χ0) is 28.5. The molecule has 0 spiro atoms. The van der Waals surface area contributed by atoms with E-state index in [9.17, 15) is 15.3 Å². The number of nitrogens with one attached hydrogen (secondary N) is 1. The molecule has 0 amide bonds. The van der Waals surface area contributed by atoms with Gasteiger partial charge in [0.05, 0.1) is 18.3 Å². The Kier molecular flexibility index (Phi) is 9.00. The van der Waals surface area contributed by atoms with Gasteiger partial charge in [0, 0.05) is 23.2 Å². The molecule has 1 aromatic rings. The molecule has 0 saturated heterocycles. The number of hydrogen-bond acceptors (Lipinski definition) is 3. The van der Waals surface area contributed by atoms with Crippen molar-refractivity contribution >= 4 is 0 Å². The van der Waals surface area contributed by atoms with Crippen LogP contribution in [0.15, 0.2) is 59.7 Å². The Morgan fingerprint density at radius 2 is 1.90 bits per heavy atom. The molecule has 0 aliphatic heterocycles. The summed E-state index contributed by atoms with van der Waals surface area (Å²) in [6.45, 7) is 11.2. The van der Waals surface area contributed by atoms with Gasteiger partial charge in [0.2, 0.25) is 0 Å². The van der Waals surface area contributed by atoms with Crippen molar-refractivity contribution in [3.05, 3.63) is 71.1 Å². The summed E-state index contributed by atoms with van der Waals surface area (Å²) in [6.07, 6.45) is 21.2. The van der Waals surface area contributed by atoms with E-state index in [1.807, 2.05) is 0 Å². The van der Waals surface area contributed by atoms with Gasteiger partial charge >= 0.3 is 0 Å². The van der Waals surface area contributed by atoms with Gasteiger partial charge in [0.25, 0.3) is 0 Å². The third-order valence-electron chi connectivity index (χ3n) is 11.2. The van der Waals surface area contributed by atoms with E-state index < -0.39 is 18.3 Å². The highest BCUT2D eigenvalue weighted by molar-refractivity contribution is 5.39. The fraction of sp³-hybridized carbons (Fsp3) is 0.667. The predicted molar refractivity (Wildman–Crippen MR) is 164 cm³/mol. The molecule has 1 unspecified atom stereocenters. The zero-order valence-corrected chi connectivity index (χ0v) is 25.2. The van der Waals surface area contributed by atoms with Crippen LogP contribution in [0.3, 0.4) is 0 Å². The number of aliphatic hydroxyl groups excluding tert-OH is 3. The molecule has 4 fully saturated rings. The van der Waals surface area contributed by atoms with Crippen molar-refractivity contribution in [2.75, 3.05) is 0 Å². The molecular weight excluding hydrogens is 494 g/mol. The van der Waals surface area contributed by atoms with Gasteiger partial charge in [-0.1, -0.05) is 70.1 Å². The number of allylic oxidation sites excluding steroid dienone is 4. The third-order valence-corrected chi connectivity index (χ3v) is 11.2. The Morgan fingerprint density at radius 3 is 2.65 bits per heavy atom. The number of aromatic nitrogens is 1. The van der Waals surface area contributed by atoms with Gasteiger partial charge in [-0.15, -0.1) is 0 Å². The number of H-pyrrole nitrogens is 1. The lowest BCUT2D eigenvalue weighted by Crippen LogP contribution is -2.35. The Hall–Kier alpha value is -1.88. The summed E-state index contributed by atoms with van der Waals surface area (Å²) in [4.78, 5) is 3.65. The second-order valence-corrected chi connectivity index (χ2v) is 13.9. The molecule has 4 saturated carbocycles. The Morgan fingerprint density at radius 1 is 1.10 bits per heavy atom. The minimum atomic E-state index is -0.636. The number of hydrogen-bond donors (Lipinski definition) is 4. The summed E-state index contributed by atoms with van der Waals surface area (Å²) < 4.78 is 0. The monoisotopic (exact) mass is 547 g/mol. The molecule has 4 heteroatoms. The topological polar surface area (TPSA) is 76.5 Å². The molecule has 7 atom stereocenters. The quantitative estimate of drug-likeness (QED) is 0.181. The molecule has 40 heavy (non-hydrogen) atoms. The van der Waals surface area contributed by atoms with Crippen LogP contribution in [-0.4, -0.2) is 38.6 Å². The maximum Gasteiger partial charge on any atom is 0.0831 e. The molecular formula is C36H53NO3. The van der Waals surface area contributed by atoms with Crippen molar-refractivity contribution in [3.8, 4) is 0 Å². The van der Waals surface area contributed by atoms with Crippen LogP contribution >= 0.6 is 0 Å². The number of aryl methyl sites for hydroxylation is 1. The third kappa shape index (κ3) is 5.87. The first-order valence-corrected chi connectivity index (χ1v) is 16.2. The molecule has 1 aromatic heterocycles. The number of aliphatic hydroxyl groups is 3. The van der Waals surface area contributed by atoms with Crippen molar-refractivity contribution < 1.29 is 15.3 Å². The minimum absolute atomic E-state index is 0.125. The van der Waals surface area contributed by atoms with Crippen LogP contribution in [0.4, 0.5) is 0 Å². The Balaban J connectivity index is 1.24. The first-order chi connectivity index (χ1) is 19.2. The van der Waals surface area contributed by atoms with Gasteiger partial charge in [-0.3, -0.25) is 0 Å². The van der Waals surface area contributed by atoms with Gasteiger partial charge in [-0.2, -0.15) is 0 Å². The highest BCUT2D eigenvalue weighted by atomic mass is 16.3. The average molecular weight is 548 g/mol. The molecule has 4 aliphatic rings. The summed E-state index contributed by atoms with van der Waals surface area (Å²) >= 11 is 0. The van der Waals surface area contributed by atoms with E-state index in [1.54, 1.807) is 0 Å². The van der Waals surface area contributed by atoms with Crippen LogP contribution in [0.25, 0.3) is 0 Å². The van der Waals surface area contributed by atoms with Gasteiger partial charge in [0.1, 0.15) is 0 Å². The molecule has 5 rings (SSSR count). The number of fused-ring (bicyclic) bond motifs is 1. The van der Waals surface area contributed by atoms with E-state index in [-0.39, 0.29) is 10.8 Å². The van der Waals surface area contributed by atoms with Crippen molar-refractivity contribution in [1.82, 2.24) is 4.98 Å². The van der Waals surface area contributed by atoms with Crippen LogP contribution in [-0.2, 0) is 11.8 Å². The van der Waals surface area contributed by atoms with E-state index >= 15 is 0 Å². The molecule has 1 heterocycles. The van der Waals surface area contributed by atoms with Gasteiger partial charge in [-0.25, -0.2) is 0 Å². The molecule has 0 aromatic carbocycles. The predicted octanol–water partition coefficient (Wildman–Crippen LogP) is 7.47. The standard InChI is InChI=1S/C36H53NO3/c1-5-6-7-10-28-14-17-33(37-28)36(20-21-36)34(40)18-11-24(2)30-15-16-31-26(9-8-19-35(30,31)4)12-13-27-22-29(38)23-32(39)25(27)3/h11-14,17-18,24,29-32,34,37-40H,3,5-10,15-16,19-23H2,1-2,4H3/b18-11+,26-12+,27-13-/t24-,29-,30-,31+,32?,34-,35-/m1/s1. The SMILES string of the molecule is C=C1/C(=C\C=C2/CCC[C@]3(C)[C@@H]([C@H](C)/C=C/[C@@H](O)C4(c5ccc(CCCCC)[nH]5)CC4)CC[C@@H]23)C[C@@H](O)CC1O. The molecule has 4 nitrogen and oxygen atoms in total. The smallest absolute Gasteiger partial charge is 0.0831 e. The Bertz CT molecular complexity index is 1140. The van der Waals surface area contributed by atoms with Crippen LogP contribution in [0.1, 0.15) is 109 Å². The zero-order valence-electron chi connectivity index (χ0n) is 25.2. The van der Waals surface area contributed by atoms with Crippen LogP contribution < -0.4 is 0 Å². The fourth-order valence-corrected chi connectivity index (χ4v) is 8.51. The lowest BCUT2D eigenvalue weighted by molar-refractivity contribution is 0.0862. The number of aromatic amines is 1. The van der Waals surface area contributed by atoms with E-state index in [4.69, 9.17) is 0 Å². The normalized spacial score (nSPS) is 35.4. The van der Waals surface area contributed by atoms with Crippen molar-refractivity contribution in [1.29, 1.82) is 0 Å². The first-order valence-electron chi connectivity index (χ1n) is 16.2. The summed E-state index contributed by atoms with van der Waals surface area (Å²) in [5.74, 6) is 1.61. The Labute approximate surface area is 242 Å². The number of unbranched alkanes of at least 4 members (excludes halogenated alkanes) is 2. The van der Waals surface area contributed by atoms with Gasteiger partial charge in [-0.05, 0) is 111 Å². The highest BCUT2D eigenvalue weighted by Gasteiger charge is 2.52. The summed E-state index contributed by atoms with van der Waals surface area (Å²) in [5, 5.41) is 31.7. The van der Waals surface area contributed by atoms with Crippen molar-refractivity contribution in [3.63, 3.8) is 0 Å². The van der Waals surface area contributed by atoms with Crippen molar-refractivity contribution in [2.24, 2.45) is 23.2 Å². The maximum atomic E-state index is 11.3. The second kappa shape index (κ2) is 12.2. The van der Waals surface area contributed by atoms with Crippen LogP contribution in [0.5, 0.6) is 0 Å². The lowest BCUT2D eigenvalue weighted by Gasteiger charge is -2.44. The van der Waals surface area contributed by atoms with Gasteiger partial charge < -0.3 is 20.3 Å². The summed E-state index contributed by atoms with van der Waals surface area (Å²) in [5.41, 5.74) is 5.96. The van der Waals surface area contributed by atoms with E-state index in [2.05, 4.69) is 68.8 Å². The van der Waals surface area contributed by atoms with Gasteiger partial charge in [0.15, 0.2) is 0 Å². The number of rotatable bonds is 10. The maximum absolute atomic E-state index is 11.3. The highest BCUT2D eigenvalue weighted by Crippen LogP contribution is 2.60. The second-order valence-electron chi connectivity index (χ2n) is 13.9. The van der Waals surface area contributed by atoms with Crippen LogP contribution in [0.2, 0.25) is 0 Å². The molecule has 4 aliphatic carbocycles. The van der Waals surface area contributed by atoms with Crippen molar-refractivity contribution in [2.45, 2.75) is 128 Å². The average Bonchev–Trinajstić information content (AvgIpc) is 3.46. The molecule has 0 radical (unpaired) electrons. The largest absolute Gasteiger partial charge is 0.393 e. The van der Waals surface area contributed by atoms with Crippen LogP contribution in [0, 0.1) is 23.2 Å². The lowest BCUT2D eigenvalue weighted by atomic mass is 9.61. The molecule has 220 valence electrons. The van der Waals surface area contributed by atoms with E-state index in [1.165, 1.54) is 61.9 Å².